The van der Waals surface area contributed by atoms with E-state index < -0.39 is 0 Å². The van der Waals surface area contributed by atoms with E-state index in [1.807, 2.05) is 24.3 Å². The van der Waals surface area contributed by atoms with Crippen molar-refractivity contribution in [1.29, 1.82) is 0 Å². The van der Waals surface area contributed by atoms with E-state index in [0.717, 1.165) is 18.3 Å². The predicted octanol–water partition coefficient (Wildman–Crippen LogP) is 1.88. The van der Waals surface area contributed by atoms with Crippen LogP contribution in [0.25, 0.3) is 0 Å². The van der Waals surface area contributed by atoms with Crippen LogP contribution in [0.1, 0.15) is 19.4 Å². The fourth-order valence-corrected chi connectivity index (χ4v) is 1.65. The minimum atomic E-state index is 0.0655. The van der Waals surface area contributed by atoms with Crippen molar-refractivity contribution in [2.45, 2.75) is 26.3 Å². The van der Waals surface area contributed by atoms with E-state index in [1.165, 1.54) is 5.56 Å². The van der Waals surface area contributed by atoms with Gasteiger partial charge in [0.15, 0.2) is 5.96 Å². The maximum Gasteiger partial charge on any atom is 0.191 e. The van der Waals surface area contributed by atoms with Crippen LogP contribution in [-0.4, -0.2) is 57.2 Å². The summed E-state index contributed by atoms with van der Waals surface area (Å²) in [5, 5.41) is 6.60. The number of nitrogens with zero attached hydrogens (tertiary/aromatic N) is 2. The summed E-state index contributed by atoms with van der Waals surface area (Å²) in [6.07, 6.45) is 0. The van der Waals surface area contributed by atoms with Crippen molar-refractivity contribution in [3.63, 3.8) is 0 Å². The van der Waals surface area contributed by atoms with Gasteiger partial charge in [0.25, 0.3) is 0 Å². The Morgan fingerprint density at radius 2 is 1.82 bits per heavy atom. The second-order valence-corrected chi connectivity index (χ2v) is 6.22. The van der Waals surface area contributed by atoms with Gasteiger partial charge in [0.2, 0.25) is 0 Å². The maximum absolute atomic E-state index is 5.69. The highest BCUT2D eigenvalue weighted by Gasteiger charge is 2.20. The summed E-state index contributed by atoms with van der Waals surface area (Å²) in [6.45, 7) is 8.56. The summed E-state index contributed by atoms with van der Waals surface area (Å²) in [6, 6.07) is 8.07. The van der Waals surface area contributed by atoms with Crippen LogP contribution in [0, 0.1) is 6.92 Å². The first-order valence-corrected chi connectivity index (χ1v) is 7.66. The van der Waals surface area contributed by atoms with Crippen LogP contribution < -0.4 is 15.4 Å². The number of nitrogens with one attached hydrogen (secondary N) is 2. The zero-order valence-corrected chi connectivity index (χ0v) is 14.7. The molecule has 0 aliphatic rings. The monoisotopic (exact) mass is 306 g/mol. The molecule has 1 aromatic carbocycles. The van der Waals surface area contributed by atoms with E-state index in [-0.39, 0.29) is 5.54 Å². The second-order valence-electron chi connectivity index (χ2n) is 6.22. The third kappa shape index (κ3) is 6.35. The second kappa shape index (κ2) is 8.63. The molecule has 0 spiro atoms. The molecule has 0 bridgehead atoms. The Hall–Kier alpha value is -1.75. The van der Waals surface area contributed by atoms with E-state index >= 15 is 0 Å². The third-order valence-electron chi connectivity index (χ3n) is 3.81. The summed E-state index contributed by atoms with van der Waals surface area (Å²) in [5.74, 6) is 1.69. The predicted molar refractivity (Wildman–Crippen MR) is 93.8 cm³/mol. The van der Waals surface area contributed by atoms with Gasteiger partial charge < -0.3 is 20.3 Å². The lowest BCUT2D eigenvalue weighted by Crippen LogP contribution is -2.51. The van der Waals surface area contributed by atoms with Gasteiger partial charge in [-0.3, -0.25) is 4.99 Å². The molecule has 0 heterocycles. The van der Waals surface area contributed by atoms with Gasteiger partial charge in [-0.25, -0.2) is 0 Å². The number of aryl methyl sites for hydroxylation is 1. The van der Waals surface area contributed by atoms with Crippen molar-refractivity contribution in [2.24, 2.45) is 4.99 Å². The lowest BCUT2D eigenvalue weighted by atomic mass is 10.0. The van der Waals surface area contributed by atoms with Crippen LogP contribution in [0.4, 0.5) is 0 Å². The van der Waals surface area contributed by atoms with Gasteiger partial charge in [-0.15, -0.1) is 0 Å². The number of hydrogen-bond donors (Lipinski definition) is 2. The number of aliphatic imine (C=N–C) groups is 1. The summed E-state index contributed by atoms with van der Waals surface area (Å²) < 4.78 is 5.69. The Balaban J connectivity index is 2.28. The summed E-state index contributed by atoms with van der Waals surface area (Å²) in [5.41, 5.74) is 1.30. The molecule has 5 heteroatoms. The third-order valence-corrected chi connectivity index (χ3v) is 3.81. The topological polar surface area (TPSA) is 48.9 Å². The van der Waals surface area contributed by atoms with Crippen LogP contribution in [0.3, 0.4) is 0 Å². The van der Waals surface area contributed by atoms with Crippen molar-refractivity contribution in [2.75, 3.05) is 40.8 Å². The van der Waals surface area contributed by atoms with Crippen molar-refractivity contribution < 1.29 is 4.74 Å². The molecule has 1 aromatic rings. The van der Waals surface area contributed by atoms with Gasteiger partial charge in [-0.1, -0.05) is 17.7 Å². The number of rotatable bonds is 7. The quantitative estimate of drug-likeness (QED) is 0.459. The number of guanidine groups is 1. The zero-order valence-electron chi connectivity index (χ0n) is 14.7. The van der Waals surface area contributed by atoms with Gasteiger partial charge >= 0.3 is 0 Å². The van der Waals surface area contributed by atoms with Crippen molar-refractivity contribution in [1.82, 2.24) is 15.5 Å². The smallest absolute Gasteiger partial charge is 0.191 e. The largest absolute Gasteiger partial charge is 0.492 e. The Labute approximate surface area is 134 Å². The summed E-state index contributed by atoms with van der Waals surface area (Å²) in [4.78, 5) is 6.42. The molecule has 0 saturated carbocycles. The highest BCUT2D eigenvalue weighted by atomic mass is 16.5. The molecule has 0 unspecified atom stereocenters. The molecule has 0 aliphatic carbocycles. The van der Waals surface area contributed by atoms with E-state index in [1.54, 1.807) is 7.05 Å². The van der Waals surface area contributed by atoms with Gasteiger partial charge in [0.05, 0.1) is 6.54 Å². The molecule has 0 atom stereocenters. The van der Waals surface area contributed by atoms with Gasteiger partial charge in [-0.2, -0.15) is 0 Å². The van der Waals surface area contributed by atoms with Crippen LogP contribution in [0.15, 0.2) is 29.3 Å². The number of hydrogen-bond acceptors (Lipinski definition) is 3. The lowest BCUT2D eigenvalue weighted by Gasteiger charge is -2.33. The van der Waals surface area contributed by atoms with Gasteiger partial charge in [0, 0.05) is 19.1 Å². The molecule has 2 N–H and O–H groups in total. The summed E-state index contributed by atoms with van der Waals surface area (Å²) in [7, 11) is 5.93. The van der Waals surface area contributed by atoms with Crippen LogP contribution >= 0.6 is 0 Å². The molecule has 0 radical (unpaired) electrons. The normalized spacial score (nSPS) is 12.4. The number of likely N-dealkylation sites (N-methyl/N-ethyl adjacent to an activating group) is 1. The molecule has 1 rings (SSSR count). The van der Waals surface area contributed by atoms with Crippen molar-refractivity contribution >= 4 is 5.96 Å². The molecule has 0 aromatic heterocycles. The zero-order chi connectivity index (χ0) is 16.6. The molecule has 0 saturated heterocycles. The van der Waals surface area contributed by atoms with Crippen LogP contribution in [-0.2, 0) is 0 Å². The SMILES string of the molecule is CN=C(NCCOc1ccc(C)cc1)NCC(C)(C)N(C)C. The molecule has 0 aliphatic heterocycles. The van der Waals surface area contributed by atoms with Gasteiger partial charge in [-0.05, 0) is 47.0 Å². The Morgan fingerprint density at radius 3 is 2.36 bits per heavy atom. The minimum absolute atomic E-state index is 0.0655. The van der Waals surface area contributed by atoms with Crippen LogP contribution in [0.5, 0.6) is 5.75 Å². The number of benzene rings is 1. The molecule has 0 fully saturated rings. The summed E-state index contributed by atoms with van der Waals surface area (Å²) >= 11 is 0. The lowest BCUT2D eigenvalue weighted by molar-refractivity contribution is 0.197. The highest BCUT2D eigenvalue weighted by Crippen LogP contribution is 2.10. The standard InChI is InChI=1S/C17H30N4O/c1-14-7-9-15(10-8-14)22-12-11-19-16(18-4)20-13-17(2,3)21(5)6/h7-10H,11-13H2,1-6H3,(H2,18,19,20). The Kier molecular flexibility index (Phi) is 7.18. The average molecular weight is 306 g/mol. The molecule has 22 heavy (non-hydrogen) atoms. The fourth-order valence-electron chi connectivity index (χ4n) is 1.65. The molecule has 5 nitrogen and oxygen atoms in total. The van der Waals surface area contributed by atoms with E-state index in [2.05, 4.69) is 55.4 Å². The average Bonchev–Trinajstić information content (AvgIpc) is 2.48. The van der Waals surface area contributed by atoms with Crippen molar-refractivity contribution in [3.8, 4) is 5.75 Å². The van der Waals surface area contributed by atoms with E-state index in [0.29, 0.717) is 13.2 Å². The molecular formula is C17H30N4O. The Bertz CT molecular complexity index is 466. The maximum atomic E-state index is 5.69. The molecule has 124 valence electrons. The molecular weight excluding hydrogens is 276 g/mol. The minimum Gasteiger partial charge on any atom is -0.492 e. The fraction of sp³-hybridized carbons (Fsp3) is 0.588. The first-order valence-electron chi connectivity index (χ1n) is 7.66. The first kappa shape index (κ1) is 18.3. The Morgan fingerprint density at radius 1 is 1.18 bits per heavy atom. The van der Waals surface area contributed by atoms with E-state index in [9.17, 15) is 0 Å². The number of ether oxygens (including phenoxy) is 1. The van der Waals surface area contributed by atoms with E-state index in [4.69, 9.17) is 4.74 Å². The van der Waals surface area contributed by atoms with Crippen LogP contribution in [0.2, 0.25) is 0 Å². The molecule has 0 amide bonds. The van der Waals surface area contributed by atoms with Gasteiger partial charge in [0.1, 0.15) is 12.4 Å². The highest BCUT2D eigenvalue weighted by molar-refractivity contribution is 5.79. The van der Waals surface area contributed by atoms with Crippen molar-refractivity contribution in [3.05, 3.63) is 29.8 Å². The first-order chi connectivity index (χ1) is 10.3.